The van der Waals surface area contributed by atoms with Crippen molar-refractivity contribution in [1.29, 1.82) is 0 Å². The Kier molecular flexibility index (Phi) is 4.76. The van der Waals surface area contributed by atoms with Gasteiger partial charge >= 0.3 is 0 Å². The van der Waals surface area contributed by atoms with Gasteiger partial charge < -0.3 is 4.74 Å². The van der Waals surface area contributed by atoms with E-state index in [4.69, 9.17) is 4.74 Å². The predicted molar refractivity (Wildman–Crippen MR) is 82.5 cm³/mol. The lowest BCUT2D eigenvalue weighted by atomic mass is 10.2. The maximum Gasteiger partial charge on any atom is 0.243 e. The Bertz CT molecular complexity index is 588. The molecule has 0 radical (unpaired) electrons. The lowest BCUT2D eigenvalue weighted by molar-refractivity contribution is 0.328. The summed E-state index contributed by atoms with van der Waals surface area (Å²) in [5, 5.41) is 0. The van der Waals surface area contributed by atoms with Crippen LogP contribution < -0.4 is 4.74 Å². The van der Waals surface area contributed by atoms with E-state index in [-0.39, 0.29) is 12.1 Å². The van der Waals surface area contributed by atoms with Gasteiger partial charge in [-0.15, -0.1) is 0 Å². The Morgan fingerprint density at radius 3 is 2.65 bits per heavy atom. The highest BCUT2D eigenvalue weighted by Crippen LogP contribution is 2.34. The summed E-state index contributed by atoms with van der Waals surface area (Å²) in [7, 11) is -1.89. The van der Waals surface area contributed by atoms with Crippen LogP contribution in [-0.2, 0) is 10.0 Å². The molecule has 2 rings (SSSR count). The summed E-state index contributed by atoms with van der Waals surface area (Å²) >= 11 is 3.35. The van der Waals surface area contributed by atoms with Gasteiger partial charge in [0.15, 0.2) is 0 Å². The van der Waals surface area contributed by atoms with Gasteiger partial charge in [0.1, 0.15) is 5.75 Å². The zero-order valence-electron chi connectivity index (χ0n) is 12.0. The largest absolute Gasteiger partial charge is 0.496 e. The van der Waals surface area contributed by atoms with Gasteiger partial charge in [-0.25, -0.2) is 8.42 Å². The second-order valence-electron chi connectivity index (χ2n) is 5.12. The number of benzene rings is 1. The lowest BCUT2D eigenvalue weighted by Crippen LogP contribution is -2.39. The average molecular weight is 362 g/mol. The van der Waals surface area contributed by atoms with Crippen LogP contribution in [0.5, 0.6) is 5.75 Å². The molecule has 1 aliphatic heterocycles. The highest BCUT2D eigenvalue weighted by molar-refractivity contribution is 9.10. The molecule has 0 spiro atoms. The summed E-state index contributed by atoms with van der Waals surface area (Å²) in [6.45, 7) is 4.01. The first kappa shape index (κ1) is 15.8. The van der Waals surface area contributed by atoms with Gasteiger partial charge in [0.2, 0.25) is 10.0 Å². The SMILES string of the molecule is CCC1CCC(C)N1S(=O)(=O)c1ccc(OC)c(Br)c1. The molecule has 0 N–H and O–H groups in total. The first-order chi connectivity index (χ1) is 9.41. The summed E-state index contributed by atoms with van der Waals surface area (Å²) in [6.07, 6.45) is 2.71. The first-order valence-electron chi connectivity index (χ1n) is 6.79. The zero-order chi connectivity index (χ0) is 14.9. The molecule has 0 saturated carbocycles. The summed E-state index contributed by atoms with van der Waals surface area (Å²) in [4.78, 5) is 0.317. The normalized spacial score (nSPS) is 24.0. The van der Waals surface area contributed by atoms with Crippen LogP contribution in [0.2, 0.25) is 0 Å². The Labute approximate surface area is 129 Å². The van der Waals surface area contributed by atoms with Crippen molar-refractivity contribution in [3.8, 4) is 5.75 Å². The highest BCUT2D eigenvalue weighted by atomic mass is 79.9. The number of methoxy groups -OCH3 is 1. The van der Waals surface area contributed by atoms with Gasteiger partial charge in [0.05, 0.1) is 16.5 Å². The number of ether oxygens (including phenoxy) is 1. The molecule has 2 unspecified atom stereocenters. The quantitative estimate of drug-likeness (QED) is 0.825. The van der Waals surface area contributed by atoms with E-state index in [2.05, 4.69) is 15.9 Å². The molecule has 20 heavy (non-hydrogen) atoms. The summed E-state index contributed by atoms with van der Waals surface area (Å²) in [6, 6.07) is 5.07. The van der Waals surface area contributed by atoms with E-state index in [0.717, 1.165) is 19.3 Å². The molecule has 1 fully saturated rings. The van der Waals surface area contributed by atoms with Crippen molar-refractivity contribution in [2.75, 3.05) is 7.11 Å². The molecular formula is C14H20BrNO3S. The van der Waals surface area contributed by atoms with E-state index in [1.807, 2.05) is 13.8 Å². The minimum Gasteiger partial charge on any atom is -0.496 e. The standard InChI is InChI=1S/C14H20BrNO3S/c1-4-11-6-5-10(2)16(11)20(17,18)12-7-8-14(19-3)13(15)9-12/h7-11H,4-6H2,1-3H3. The molecule has 1 aromatic carbocycles. The molecular weight excluding hydrogens is 342 g/mol. The van der Waals surface area contributed by atoms with Crippen LogP contribution in [0.15, 0.2) is 27.6 Å². The predicted octanol–water partition coefficient (Wildman–Crippen LogP) is 3.41. The number of sulfonamides is 1. The fourth-order valence-corrected chi connectivity index (χ4v) is 5.46. The lowest BCUT2D eigenvalue weighted by Gasteiger charge is -2.27. The van der Waals surface area contributed by atoms with Crippen molar-refractivity contribution in [3.05, 3.63) is 22.7 Å². The van der Waals surface area contributed by atoms with Crippen molar-refractivity contribution in [2.24, 2.45) is 0 Å². The van der Waals surface area contributed by atoms with Gasteiger partial charge in [-0.2, -0.15) is 4.31 Å². The van der Waals surface area contributed by atoms with E-state index in [0.29, 0.717) is 15.1 Å². The molecule has 6 heteroatoms. The van der Waals surface area contributed by atoms with Crippen molar-refractivity contribution in [1.82, 2.24) is 4.31 Å². The van der Waals surface area contributed by atoms with Gasteiger partial charge in [0.25, 0.3) is 0 Å². The van der Waals surface area contributed by atoms with Crippen LogP contribution >= 0.6 is 15.9 Å². The van der Waals surface area contributed by atoms with Crippen LogP contribution in [-0.4, -0.2) is 31.9 Å². The monoisotopic (exact) mass is 361 g/mol. The maximum absolute atomic E-state index is 12.8. The zero-order valence-corrected chi connectivity index (χ0v) is 14.4. The Hall–Kier alpha value is -0.590. The van der Waals surface area contributed by atoms with E-state index >= 15 is 0 Å². The molecule has 0 aliphatic carbocycles. The molecule has 0 amide bonds. The highest BCUT2D eigenvalue weighted by Gasteiger charge is 2.39. The smallest absolute Gasteiger partial charge is 0.243 e. The van der Waals surface area contributed by atoms with Crippen LogP contribution in [0.3, 0.4) is 0 Å². The Morgan fingerprint density at radius 1 is 1.40 bits per heavy atom. The third kappa shape index (κ3) is 2.73. The van der Waals surface area contributed by atoms with Crippen molar-refractivity contribution in [2.45, 2.75) is 50.1 Å². The second kappa shape index (κ2) is 6.03. The van der Waals surface area contributed by atoms with E-state index < -0.39 is 10.0 Å². The molecule has 1 aliphatic rings. The molecule has 1 heterocycles. The fraction of sp³-hybridized carbons (Fsp3) is 0.571. The third-order valence-corrected chi connectivity index (χ3v) is 6.56. The molecule has 0 bridgehead atoms. The Morgan fingerprint density at radius 2 is 2.10 bits per heavy atom. The third-order valence-electron chi connectivity index (χ3n) is 3.88. The molecule has 112 valence electrons. The van der Waals surface area contributed by atoms with Crippen LogP contribution in [0.25, 0.3) is 0 Å². The number of rotatable bonds is 4. The molecule has 1 saturated heterocycles. The van der Waals surface area contributed by atoms with E-state index in [1.165, 1.54) is 0 Å². The average Bonchev–Trinajstić information content (AvgIpc) is 2.80. The molecule has 2 atom stereocenters. The van der Waals surface area contributed by atoms with Gasteiger partial charge in [-0.1, -0.05) is 6.92 Å². The number of hydrogen-bond acceptors (Lipinski definition) is 3. The molecule has 0 aromatic heterocycles. The first-order valence-corrected chi connectivity index (χ1v) is 9.02. The second-order valence-corrected chi connectivity index (χ2v) is 7.82. The van der Waals surface area contributed by atoms with Gasteiger partial charge in [0, 0.05) is 12.1 Å². The number of hydrogen-bond donors (Lipinski definition) is 0. The van der Waals surface area contributed by atoms with Crippen LogP contribution in [0, 0.1) is 0 Å². The minimum absolute atomic E-state index is 0.0610. The van der Waals surface area contributed by atoms with Crippen LogP contribution in [0.4, 0.5) is 0 Å². The van der Waals surface area contributed by atoms with Crippen LogP contribution in [0.1, 0.15) is 33.1 Å². The van der Waals surface area contributed by atoms with Gasteiger partial charge in [-0.3, -0.25) is 0 Å². The van der Waals surface area contributed by atoms with Gasteiger partial charge in [-0.05, 0) is 60.3 Å². The number of halogens is 1. The minimum atomic E-state index is -3.45. The van der Waals surface area contributed by atoms with E-state index in [1.54, 1.807) is 29.6 Å². The van der Waals surface area contributed by atoms with Crippen molar-refractivity contribution in [3.63, 3.8) is 0 Å². The topological polar surface area (TPSA) is 46.6 Å². The Balaban J connectivity index is 2.42. The molecule has 1 aromatic rings. The summed E-state index contributed by atoms with van der Waals surface area (Å²) < 4.78 is 33.1. The van der Waals surface area contributed by atoms with E-state index in [9.17, 15) is 8.42 Å². The fourth-order valence-electron chi connectivity index (χ4n) is 2.79. The molecule has 4 nitrogen and oxygen atoms in total. The summed E-state index contributed by atoms with van der Waals surface area (Å²) in [5.41, 5.74) is 0. The van der Waals surface area contributed by atoms with Crippen molar-refractivity contribution >= 4 is 26.0 Å². The summed E-state index contributed by atoms with van der Waals surface area (Å²) in [5.74, 6) is 0.630. The maximum atomic E-state index is 12.8. The van der Waals surface area contributed by atoms with Crippen molar-refractivity contribution < 1.29 is 13.2 Å². The number of nitrogens with zero attached hydrogens (tertiary/aromatic N) is 1.